The Labute approximate surface area is 133 Å². The molecule has 0 radical (unpaired) electrons. The molecule has 1 aromatic carbocycles. The lowest BCUT2D eigenvalue weighted by atomic mass is 10.0. The van der Waals surface area contributed by atoms with E-state index in [1.54, 1.807) is 30.3 Å². The summed E-state index contributed by atoms with van der Waals surface area (Å²) in [7, 11) is 0. The number of carbonyl (C=O) groups excluding carboxylic acids is 1. The van der Waals surface area contributed by atoms with Crippen molar-refractivity contribution in [3.63, 3.8) is 0 Å². The smallest absolute Gasteiger partial charge is 0.368 e. The van der Waals surface area contributed by atoms with E-state index in [2.05, 4.69) is 15.1 Å². The summed E-state index contributed by atoms with van der Waals surface area (Å²) in [4.78, 5) is 19.5. The highest BCUT2D eigenvalue weighted by atomic mass is 19.4. The Morgan fingerprint density at radius 1 is 1.08 bits per heavy atom. The summed E-state index contributed by atoms with van der Waals surface area (Å²) in [6.07, 6.45) is -3.43. The summed E-state index contributed by atoms with van der Waals surface area (Å²) in [6.45, 7) is 0. The van der Waals surface area contributed by atoms with Crippen molar-refractivity contribution < 1.29 is 18.0 Å². The van der Waals surface area contributed by atoms with Crippen LogP contribution in [0, 0.1) is 0 Å². The van der Waals surface area contributed by atoms with E-state index in [-0.39, 0.29) is 17.2 Å². The number of carbonyl (C=O) groups is 1. The van der Waals surface area contributed by atoms with Crippen LogP contribution in [-0.4, -0.2) is 25.5 Å². The van der Waals surface area contributed by atoms with E-state index in [1.807, 2.05) is 0 Å². The van der Waals surface area contributed by atoms with Gasteiger partial charge < -0.3 is 5.73 Å². The number of hydrogen-bond donors (Lipinski definition) is 1. The van der Waals surface area contributed by atoms with Crippen molar-refractivity contribution in [3.8, 4) is 5.82 Å². The lowest BCUT2D eigenvalue weighted by Gasteiger charge is -2.05. The molecule has 2 N–H and O–H groups in total. The minimum atomic E-state index is -4.73. The summed E-state index contributed by atoms with van der Waals surface area (Å²) in [5.74, 6) is -2.17. The number of nitrogen functional groups attached to an aromatic ring is 1. The maximum absolute atomic E-state index is 12.7. The Balaban J connectivity index is 2.00. The van der Waals surface area contributed by atoms with Gasteiger partial charge in [0.1, 0.15) is 0 Å². The van der Waals surface area contributed by atoms with Gasteiger partial charge in [0.15, 0.2) is 11.6 Å². The van der Waals surface area contributed by atoms with Crippen LogP contribution < -0.4 is 5.73 Å². The molecule has 9 heteroatoms. The van der Waals surface area contributed by atoms with Gasteiger partial charge in [0.25, 0.3) is 5.82 Å². The maximum Gasteiger partial charge on any atom is 0.453 e. The maximum atomic E-state index is 12.7. The number of hydrogen-bond acceptors (Lipinski definition) is 5. The molecule has 0 bridgehead atoms. The fourth-order valence-corrected chi connectivity index (χ4v) is 2.04. The predicted octanol–water partition coefficient (Wildman–Crippen LogP) is 2.49. The van der Waals surface area contributed by atoms with Crippen LogP contribution in [-0.2, 0) is 6.18 Å². The summed E-state index contributed by atoms with van der Waals surface area (Å²) in [5.41, 5.74) is 6.16. The number of benzene rings is 1. The topological polar surface area (TPSA) is 86.7 Å². The quantitative estimate of drug-likeness (QED) is 0.744. The molecule has 0 aliphatic carbocycles. The van der Waals surface area contributed by atoms with Gasteiger partial charge in [0.05, 0.1) is 0 Å². The molecule has 24 heavy (non-hydrogen) atoms. The first-order chi connectivity index (χ1) is 11.4. The van der Waals surface area contributed by atoms with E-state index >= 15 is 0 Å². The molecule has 0 saturated heterocycles. The van der Waals surface area contributed by atoms with Crippen LogP contribution in [0.1, 0.15) is 21.7 Å². The van der Waals surface area contributed by atoms with E-state index in [4.69, 9.17) is 5.73 Å². The number of nitrogens with zero attached hydrogens (tertiary/aromatic N) is 4. The van der Waals surface area contributed by atoms with Gasteiger partial charge in [-0.1, -0.05) is 30.3 Å². The molecule has 2 aromatic heterocycles. The van der Waals surface area contributed by atoms with Gasteiger partial charge in [-0.25, -0.2) is 4.98 Å². The van der Waals surface area contributed by atoms with E-state index in [9.17, 15) is 18.0 Å². The standard InChI is InChI=1S/C15H10F3N5O/c16-15(17,18)13-21-14(19)23(22-13)11-8-10(6-7-20-11)12(24)9-4-2-1-3-5-9/h1-8H,(H2,19,21,22). The second-order valence-electron chi connectivity index (χ2n) is 4.80. The van der Waals surface area contributed by atoms with Gasteiger partial charge in [0, 0.05) is 17.3 Å². The molecule has 2 heterocycles. The fourth-order valence-electron chi connectivity index (χ4n) is 2.04. The van der Waals surface area contributed by atoms with Gasteiger partial charge in [-0.3, -0.25) is 4.79 Å². The van der Waals surface area contributed by atoms with E-state index < -0.39 is 17.9 Å². The number of alkyl halides is 3. The number of anilines is 1. The molecule has 0 aliphatic rings. The second-order valence-corrected chi connectivity index (χ2v) is 4.80. The molecule has 6 nitrogen and oxygen atoms in total. The van der Waals surface area contributed by atoms with Crippen LogP contribution in [0.25, 0.3) is 5.82 Å². The van der Waals surface area contributed by atoms with Crippen molar-refractivity contribution in [1.82, 2.24) is 19.7 Å². The Bertz CT molecular complexity index is 890. The molecular weight excluding hydrogens is 323 g/mol. The van der Waals surface area contributed by atoms with Gasteiger partial charge >= 0.3 is 6.18 Å². The van der Waals surface area contributed by atoms with Crippen molar-refractivity contribution in [3.05, 3.63) is 65.6 Å². The summed E-state index contributed by atoms with van der Waals surface area (Å²) >= 11 is 0. The number of aromatic nitrogens is 4. The highest BCUT2D eigenvalue weighted by Crippen LogP contribution is 2.27. The summed E-state index contributed by atoms with van der Waals surface area (Å²) in [5, 5.41) is 3.31. The number of nitrogens with two attached hydrogens (primary N) is 1. The first-order valence-corrected chi connectivity index (χ1v) is 6.72. The van der Waals surface area contributed by atoms with Crippen LogP contribution >= 0.6 is 0 Å². The molecule has 3 aromatic rings. The minimum Gasteiger partial charge on any atom is -0.368 e. The van der Waals surface area contributed by atoms with E-state index in [0.717, 1.165) is 4.68 Å². The van der Waals surface area contributed by atoms with Crippen molar-refractivity contribution in [2.75, 3.05) is 5.73 Å². The van der Waals surface area contributed by atoms with Crippen molar-refractivity contribution in [2.24, 2.45) is 0 Å². The monoisotopic (exact) mass is 333 g/mol. The van der Waals surface area contributed by atoms with Gasteiger partial charge in [-0.05, 0) is 12.1 Å². The fraction of sp³-hybridized carbons (Fsp3) is 0.0667. The van der Waals surface area contributed by atoms with Crippen LogP contribution in [0.2, 0.25) is 0 Å². The first kappa shape index (κ1) is 15.7. The Hall–Kier alpha value is -3.23. The molecule has 0 fully saturated rings. The third kappa shape index (κ3) is 2.96. The summed E-state index contributed by atoms with van der Waals surface area (Å²) < 4.78 is 38.7. The molecule has 0 unspecified atom stereocenters. The zero-order valence-electron chi connectivity index (χ0n) is 12.0. The summed E-state index contributed by atoms with van der Waals surface area (Å²) in [6, 6.07) is 11.2. The van der Waals surface area contributed by atoms with Gasteiger partial charge in [0.2, 0.25) is 5.95 Å². The highest BCUT2D eigenvalue weighted by molar-refractivity contribution is 6.09. The lowest BCUT2D eigenvalue weighted by molar-refractivity contribution is -0.144. The lowest BCUT2D eigenvalue weighted by Crippen LogP contribution is -2.10. The molecular formula is C15H10F3N5O. The number of ketones is 1. The second kappa shape index (κ2) is 5.76. The normalized spacial score (nSPS) is 11.5. The zero-order chi connectivity index (χ0) is 17.3. The van der Waals surface area contributed by atoms with Crippen molar-refractivity contribution in [2.45, 2.75) is 6.18 Å². The zero-order valence-corrected chi connectivity index (χ0v) is 12.0. The van der Waals surface area contributed by atoms with Crippen LogP contribution in [0.3, 0.4) is 0 Å². The number of rotatable bonds is 3. The Morgan fingerprint density at radius 2 is 1.79 bits per heavy atom. The number of halogens is 3. The molecule has 0 atom stereocenters. The molecule has 3 rings (SSSR count). The van der Waals surface area contributed by atoms with Crippen molar-refractivity contribution in [1.29, 1.82) is 0 Å². The van der Waals surface area contributed by atoms with Crippen LogP contribution in [0.4, 0.5) is 19.1 Å². The third-order valence-electron chi connectivity index (χ3n) is 3.15. The average molecular weight is 333 g/mol. The SMILES string of the molecule is Nc1nc(C(F)(F)F)nn1-c1cc(C(=O)c2ccccc2)ccn1. The van der Waals surface area contributed by atoms with E-state index in [0.29, 0.717) is 5.56 Å². The average Bonchev–Trinajstić information content (AvgIpc) is 2.97. The van der Waals surface area contributed by atoms with Gasteiger partial charge in [-0.15, -0.1) is 5.10 Å². The van der Waals surface area contributed by atoms with E-state index in [1.165, 1.54) is 18.3 Å². The number of pyridine rings is 1. The molecule has 0 aliphatic heterocycles. The third-order valence-corrected chi connectivity index (χ3v) is 3.15. The molecule has 0 saturated carbocycles. The molecule has 0 spiro atoms. The largest absolute Gasteiger partial charge is 0.453 e. The van der Waals surface area contributed by atoms with Crippen molar-refractivity contribution >= 4 is 11.7 Å². The Kier molecular flexibility index (Phi) is 3.76. The molecule has 0 amide bonds. The minimum absolute atomic E-state index is 0.0303. The predicted molar refractivity (Wildman–Crippen MR) is 78.4 cm³/mol. The van der Waals surface area contributed by atoms with Gasteiger partial charge in [-0.2, -0.15) is 22.8 Å². The highest BCUT2D eigenvalue weighted by Gasteiger charge is 2.37. The van der Waals surface area contributed by atoms with Crippen LogP contribution in [0.5, 0.6) is 0 Å². The molecule has 122 valence electrons. The van der Waals surface area contributed by atoms with Crippen LogP contribution in [0.15, 0.2) is 48.7 Å². The Morgan fingerprint density at radius 3 is 2.42 bits per heavy atom. The first-order valence-electron chi connectivity index (χ1n) is 6.72.